The summed E-state index contributed by atoms with van der Waals surface area (Å²) in [7, 11) is 0. The molecule has 1 aromatic carbocycles. The standard InChI is InChI=1S/C24H34N4O3/c1-3-25(4-2)23(30)18-11-12-19-21(16-18)28(17-22(29)26-13-7-5-8-14-26)24(31)20-10-6-9-15-27(19)20/h11-12,16,20H,3-10,13-15,17H2,1-2H3/t20-/m0/s1. The van der Waals surface area contributed by atoms with Crippen molar-refractivity contribution in [2.75, 3.05) is 49.1 Å². The van der Waals surface area contributed by atoms with Gasteiger partial charge in [-0.3, -0.25) is 19.3 Å². The molecule has 0 spiro atoms. The monoisotopic (exact) mass is 426 g/mol. The number of amides is 3. The van der Waals surface area contributed by atoms with Gasteiger partial charge in [-0.25, -0.2) is 0 Å². The zero-order valence-electron chi connectivity index (χ0n) is 18.8. The fraction of sp³-hybridized carbons (Fsp3) is 0.625. The molecule has 0 bridgehead atoms. The molecule has 7 heteroatoms. The highest BCUT2D eigenvalue weighted by Gasteiger charge is 2.40. The molecule has 2 fully saturated rings. The molecule has 31 heavy (non-hydrogen) atoms. The van der Waals surface area contributed by atoms with Crippen molar-refractivity contribution in [1.29, 1.82) is 0 Å². The molecule has 168 valence electrons. The Labute approximate surface area is 185 Å². The summed E-state index contributed by atoms with van der Waals surface area (Å²) in [5.74, 6) is -0.0444. The number of anilines is 2. The Morgan fingerprint density at radius 1 is 0.968 bits per heavy atom. The van der Waals surface area contributed by atoms with Crippen molar-refractivity contribution >= 4 is 29.1 Å². The van der Waals surface area contributed by atoms with E-state index in [4.69, 9.17) is 0 Å². The van der Waals surface area contributed by atoms with Crippen LogP contribution in [0, 0.1) is 0 Å². The van der Waals surface area contributed by atoms with E-state index in [9.17, 15) is 14.4 Å². The van der Waals surface area contributed by atoms with Crippen molar-refractivity contribution in [3.05, 3.63) is 23.8 Å². The lowest BCUT2D eigenvalue weighted by atomic mass is 9.95. The van der Waals surface area contributed by atoms with E-state index >= 15 is 0 Å². The largest absolute Gasteiger partial charge is 0.358 e. The second-order valence-electron chi connectivity index (χ2n) is 8.75. The average Bonchev–Trinajstić information content (AvgIpc) is 2.82. The normalized spacial score (nSPS) is 20.9. The predicted octanol–water partition coefficient (Wildman–Crippen LogP) is 2.89. The van der Waals surface area contributed by atoms with Crippen molar-refractivity contribution in [2.24, 2.45) is 0 Å². The molecule has 2 saturated heterocycles. The highest BCUT2D eigenvalue weighted by Crippen LogP contribution is 2.40. The minimum atomic E-state index is -0.209. The van der Waals surface area contributed by atoms with Gasteiger partial charge in [-0.2, -0.15) is 0 Å². The third-order valence-electron chi connectivity index (χ3n) is 6.93. The number of likely N-dealkylation sites (tertiary alicyclic amines) is 1. The van der Waals surface area contributed by atoms with Crippen LogP contribution in [-0.4, -0.2) is 72.8 Å². The van der Waals surface area contributed by atoms with Crippen LogP contribution >= 0.6 is 0 Å². The Morgan fingerprint density at radius 3 is 2.39 bits per heavy atom. The average molecular weight is 427 g/mol. The van der Waals surface area contributed by atoms with E-state index in [2.05, 4.69) is 4.90 Å². The van der Waals surface area contributed by atoms with Crippen LogP contribution in [0.1, 0.15) is 62.7 Å². The lowest BCUT2D eigenvalue weighted by Crippen LogP contribution is -2.57. The highest BCUT2D eigenvalue weighted by atomic mass is 16.2. The summed E-state index contributed by atoms with van der Waals surface area (Å²) in [4.78, 5) is 47.0. The highest BCUT2D eigenvalue weighted by molar-refractivity contribution is 6.09. The number of fused-ring (bicyclic) bond motifs is 3. The van der Waals surface area contributed by atoms with Crippen molar-refractivity contribution in [3.8, 4) is 0 Å². The summed E-state index contributed by atoms with van der Waals surface area (Å²) in [6.07, 6.45) is 6.09. The van der Waals surface area contributed by atoms with E-state index in [1.165, 1.54) is 0 Å². The molecule has 1 aromatic rings. The van der Waals surface area contributed by atoms with Gasteiger partial charge < -0.3 is 14.7 Å². The van der Waals surface area contributed by atoms with Gasteiger partial charge in [-0.15, -0.1) is 0 Å². The van der Waals surface area contributed by atoms with Crippen LogP contribution in [0.3, 0.4) is 0 Å². The summed E-state index contributed by atoms with van der Waals surface area (Å²) in [6.45, 7) is 7.62. The number of hydrogen-bond donors (Lipinski definition) is 0. The molecule has 0 saturated carbocycles. The minimum absolute atomic E-state index is 0.00346. The van der Waals surface area contributed by atoms with Crippen molar-refractivity contribution in [2.45, 2.75) is 58.4 Å². The molecular weight excluding hydrogens is 392 g/mol. The quantitative estimate of drug-likeness (QED) is 0.726. The molecule has 3 aliphatic heterocycles. The van der Waals surface area contributed by atoms with Gasteiger partial charge in [0.1, 0.15) is 12.6 Å². The van der Waals surface area contributed by atoms with Crippen LogP contribution in [-0.2, 0) is 9.59 Å². The van der Waals surface area contributed by atoms with Gasteiger partial charge in [0.05, 0.1) is 11.4 Å². The summed E-state index contributed by atoms with van der Waals surface area (Å²) < 4.78 is 0. The Hall–Kier alpha value is -2.57. The molecule has 0 radical (unpaired) electrons. The topological polar surface area (TPSA) is 64.2 Å². The van der Waals surface area contributed by atoms with E-state index in [0.29, 0.717) is 24.3 Å². The smallest absolute Gasteiger partial charge is 0.253 e. The fourth-order valence-corrected chi connectivity index (χ4v) is 5.13. The molecule has 3 amide bonds. The van der Waals surface area contributed by atoms with Crippen LogP contribution in [0.5, 0.6) is 0 Å². The fourth-order valence-electron chi connectivity index (χ4n) is 5.13. The lowest BCUT2D eigenvalue weighted by molar-refractivity contribution is -0.132. The van der Waals surface area contributed by atoms with E-state index in [1.54, 1.807) is 9.80 Å². The van der Waals surface area contributed by atoms with Crippen LogP contribution in [0.2, 0.25) is 0 Å². The number of hydrogen-bond acceptors (Lipinski definition) is 4. The third-order valence-corrected chi connectivity index (χ3v) is 6.93. The molecule has 0 aliphatic carbocycles. The predicted molar refractivity (Wildman–Crippen MR) is 121 cm³/mol. The van der Waals surface area contributed by atoms with Crippen LogP contribution < -0.4 is 9.80 Å². The SMILES string of the molecule is CCN(CC)C(=O)c1ccc2c(c1)N(CC(=O)N1CCCCC1)C(=O)[C@@H]1CCCCN21. The van der Waals surface area contributed by atoms with Gasteiger partial charge in [0, 0.05) is 38.3 Å². The van der Waals surface area contributed by atoms with Gasteiger partial charge in [0.25, 0.3) is 5.91 Å². The van der Waals surface area contributed by atoms with Gasteiger partial charge in [0.2, 0.25) is 11.8 Å². The Balaban J connectivity index is 1.68. The molecule has 0 aromatic heterocycles. The first-order valence-corrected chi connectivity index (χ1v) is 11.8. The van der Waals surface area contributed by atoms with E-state index < -0.39 is 0 Å². The zero-order valence-corrected chi connectivity index (χ0v) is 18.8. The summed E-state index contributed by atoms with van der Waals surface area (Å²) >= 11 is 0. The molecule has 0 N–H and O–H groups in total. The van der Waals surface area contributed by atoms with Crippen LogP contribution in [0.25, 0.3) is 0 Å². The molecular formula is C24H34N4O3. The number of carbonyl (C=O) groups excluding carboxylic acids is 3. The first-order chi connectivity index (χ1) is 15.0. The molecule has 3 aliphatic rings. The second-order valence-corrected chi connectivity index (χ2v) is 8.75. The summed E-state index contributed by atoms with van der Waals surface area (Å²) in [5, 5.41) is 0. The number of rotatable bonds is 5. The first kappa shape index (κ1) is 21.7. The van der Waals surface area contributed by atoms with E-state index in [-0.39, 0.29) is 30.3 Å². The van der Waals surface area contributed by atoms with Crippen molar-refractivity contribution < 1.29 is 14.4 Å². The van der Waals surface area contributed by atoms with Gasteiger partial charge in [-0.1, -0.05) is 0 Å². The Morgan fingerprint density at radius 2 is 1.68 bits per heavy atom. The van der Waals surface area contributed by atoms with Gasteiger partial charge in [0.15, 0.2) is 0 Å². The van der Waals surface area contributed by atoms with Gasteiger partial charge >= 0.3 is 0 Å². The summed E-state index contributed by atoms with van der Waals surface area (Å²) in [6, 6.07) is 5.45. The second kappa shape index (κ2) is 9.28. The third kappa shape index (κ3) is 4.14. The van der Waals surface area contributed by atoms with Crippen molar-refractivity contribution in [3.63, 3.8) is 0 Å². The van der Waals surface area contributed by atoms with Gasteiger partial charge in [-0.05, 0) is 70.6 Å². The number of benzene rings is 1. The lowest BCUT2D eigenvalue weighted by Gasteiger charge is -2.45. The number of piperidine rings is 2. The van der Waals surface area contributed by atoms with Crippen LogP contribution in [0.15, 0.2) is 18.2 Å². The maximum absolute atomic E-state index is 13.5. The van der Waals surface area contributed by atoms with E-state index in [1.807, 2.05) is 36.9 Å². The molecule has 3 heterocycles. The number of carbonyl (C=O) groups is 3. The Bertz CT molecular complexity index is 845. The molecule has 4 rings (SSSR count). The maximum atomic E-state index is 13.5. The first-order valence-electron chi connectivity index (χ1n) is 11.8. The molecule has 7 nitrogen and oxygen atoms in total. The van der Waals surface area contributed by atoms with Crippen LogP contribution in [0.4, 0.5) is 11.4 Å². The summed E-state index contributed by atoms with van der Waals surface area (Å²) in [5.41, 5.74) is 2.24. The maximum Gasteiger partial charge on any atom is 0.253 e. The zero-order chi connectivity index (χ0) is 22.0. The van der Waals surface area contributed by atoms with E-state index in [0.717, 1.165) is 63.8 Å². The Kier molecular flexibility index (Phi) is 6.49. The molecule has 1 atom stereocenters. The minimum Gasteiger partial charge on any atom is -0.358 e. The van der Waals surface area contributed by atoms with Crippen molar-refractivity contribution in [1.82, 2.24) is 9.80 Å². The number of nitrogens with zero attached hydrogens (tertiary/aromatic N) is 4. The molecule has 0 unspecified atom stereocenters.